The molecule has 8 heteroatoms. The van der Waals surface area contributed by atoms with Crippen molar-refractivity contribution >= 4 is 11.6 Å². The number of benzene rings is 1. The number of aryl methyl sites for hydroxylation is 1. The summed E-state index contributed by atoms with van der Waals surface area (Å²) >= 11 is 0. The minimum atomic E-state index is -0.866. The van der Waals surface area contributed by atoms with Gasteiger partial charge in [-0.05, 0) is 36.8 Å². The molecule has 1 saturated heterocycles. The van der Waals surface area contributed by atoms with E-state index in [1.807, 2.05) is 29.7 Å². The van der Waals surface area contributed by atoms with E-state index in [2.05, 4.69) is 15.0 Å². The van der Waals surface area contributed by atoms with Gasteiger partial charge in [0.2, 0.25) is 0 Å². The molecule has 0 radical (unpaired) electrons. The standard InChI is InChI=1S/C21H21F2N3O3/c1-12-3-5-26-17(10-14-11-24-4-6-29-14)20(25-18(26)7-12)19-15(22)8-13(9-16(19)23)21(27)28-2/h3,5,7-9,14,24H,4,6,10-11H2,1-2H3/t14-/m0/s1. The van der Waals surface area contributed by atoms with Crippen LogP contribution in [0.1, 0.15) is 21.6 Å². The summed E-state index contributed by atoms with van der Waals surface area (Å²) in [5.41, 5.74) is 1.98. The zero-order valence-electron chi connectivity index (χ0n) is 16.2. The van der Waals surface area contributed by atoms with E-state index in [1.54, 1.807) is 0 Å². The molecule has 1 aliphatic heterocycles. The molecule has 3 aromatic rings. The third kappa shape index (κ3) is 3.73. The normalized spacial score (nSPS) is 16.9. The van der Waals surface area contributed by atoms with Gasteiger partial charge in [0.25, 0.3) is 0 Å². The number of ether oxygens (including phenoxy) is 2. The molecule has 1 N–H and O–H groups in total. The van der Waals surface area contributed by atoms with Gasteiger partial charge < -0.3 is 19.2 Å². The fourth-order valence-electron chi connectivity index (χ4n) is 3.59. The van der Waals surface area contributed by atoms with Crippen LogP contribution in [0, 0.1) is 18.6 Å². The van der Waals surface area contributed by atoms with Gasteiger partial charge in [-0.2, -0.15) is 0 Å². The largest absolute Gasteiger partial charge is 0.465 e. The number of hydrogen-bond acceptors (Lipinski definition) is 5. The Bertz CT molecular complexity index is 1050. The summed E-state index contributed by atoms with van der Waals surface area (Å²) in [6, 6.07) is 5.71. The first-order valence-electron chi connectivity index (χ1n) is 9.35. The predicted molar refractivity (Wildman–Crippen MR) is 103 cm³/mol. The average Bonchev–Trinajstić information content (AvgIpc) is 3.04. The number of nitrogens with one attached hydrogen (secondary N) is 1. The maximum absolute atomic E-state index is 14.9. The number of nitrogens with zero attached hydrogens (tertiary/aromatic N) is 2. The molecule has 0 amide bonds. The van der Waals surface area contributed by atoms with Crippen LogP contribution in [0.3, 0.4) is 0 Å². The lowest BCUT2D eigenvalue weighted by Gasteiger charge is -2.24. The highest BCUT2D eigenvalue weighted by atomic mass is 19.1. The maximum Gasteiger partial charge on any atom is 0.338 e. The number of esters is 1. The number of carbonyl (C=O) groups excluding carboxylic acids is 1. The Morgan fingerprint density at radius 1 is 1.34 bits per heavy atom. The second kappa shape index (κ2) is 7.88. The number of imidazole rings is 1. The first kappa shape index (κ1) is 19.5. The number of pyridine rings is 1. The Morgan fingerprint density at radius 3 is 2.76 bits per heavy atom. The van der Waals surface area contributed by atoms with Gasteiger partial charge in [-0.3, -0.25) is 0 Å². The third-order valence-corrected chi connectivity index (χ3v) is 5.01. The topological polar surface area (TPSA) is 64.9 Å². The van der Waals surface area contributed by atoms with Crippen LogP contribution in [0.25, 0.3) is 16.9 Å². The highest BCUT2D eigenvalue weighted by Gasteiger charge is 2.26. The first-order chi connectivity index (χ1) is 14.0. The molecule has 1 aromatic carbocycles. The SMILES string of the molecule is COC(=O)c1cc(F)c(-c2nc3cc(C)ccn3c2C[C@H]2CNCCO2)c(F)c1. The lowest BCUT2D eigenvalue weighted by molar-refractivity contribution is 0.0286. The molecule has 0 unspecified atom stereocenters. The van der Waals surface area contributed by atoms with Crippen molar-refractivity contribution in [2.75, 3.05) is 26.8 Å². The van der Waals surface area contributed by atoms with Crippen molar-refractivity contribution < 1.29 is 23.0 Å². The predicted octanol–water partition coefficient (Wildman–Crippen LogP) is 2.91. The molecule has 3 heterocycles. The zero-order chi connectivity index (χ0) is 20.5. The molecule has 1 aliphatic rings. The van der Waals surface area contributed by atoms with Crippen LogP contribution in [-0.4, -0.2) is 48.3 Å². The van der Waals surface area contributed by atoms with E-state index in [9.17, 15) is 13.6 Å². The van der Waals surface area contributed by atoms with Gasteiger partial charge in [0.05, 0.1) is 42.3 Å². The van der Waals surface area contributed by atoms with Crippen LogP contribution in [0.5, 0.6) is 0 Å². The maximum atomic E-state index is 14.9. The van der Waals surface area contributed by atoms with Gasteiger partial charge in [-0.25, -0.2) is 18.6 Å². The monoisotopic (exact) mass is 401 g/mol. The van der Waals surface area contributed by atoms with E-state index in [4.69, 9.17) is 4.74 Å². The minimum absolute atomic E-state index is 0.135. The lowest BCUT2D eigenvalue weighted by Crippen LogP contribution is -2.39. The Morgan fingerprint density at radius 2 is 2.10 bits per heavy atom. The number of fused-ring (bicyclic) bond motifs is 1. The molecule has 1 atom stereocenters. The summed E-state index contributed by atoms with van der Waals surface area (Å²) in [6.45, 7) is 3.92. The van der Waals surface area contributed by atoms with Gasteiger partial charge in [0, 0.05) is 25.7 Å². The summed E-state index contributed by atoms with van der Waals surface area (Å²) in [4.78, 5) is 16.2. The van der Waals surface area contributed by atoms with E-state index in [0.29, 0.717) is 30.9 Å². The van der Waals surface area contributed by atoms with Crippen LogP contribution in [0.4, 0.5) is 8.78 Å². The Hall–Kier alpha value is -2.84. The van der Waals surface area contributed by atoms with Crippen molar-refractivity contribution in [2.24, 2.45) is 0 Å². The van der Waals surface area contributed by atoms with Crippen LogP contribution >= 0.6 is 0 Å². The number of morpholine rings is 1. The highest BCUT2D eigenvalue weighted by molar-refractivity contribution is 5.90. The van der Waals surface area contributed by atoms with Crippen molar-refractivity contribution in [3.05, 3.63) is 58.9 Å². The lowest BCUT2D eigenvalue weighted by atomic mass is 10.0. The highest BCUT2D eigenvalue weighted by Crippen LogP contribution is 2.32. The molecule has 152 valence electrons. The van der Waals surface area contributed by atoms with E-state index < -0.39 is 17.6 Å². The smallest absolute Gasteiger partial charge is 0.338 e. The van der Waals surface area contributed by atoms with Crippen molar-refractivity contribution in [1.29, 1.82) is 0 Å². The second-order valence-electron chi connectivity index (χ2n) is 7.05. The Kier molecular flexibility index (Phi) is 5.29. The van der Waals surface area contributed by atoms with E-state index >= 15 is 0 Å². The van der Waals surface area contributed by atoms with E-state index in [0.717, 1.165) is 31.4 Å². The number of aromatic nitrogens is 2. The molecular weight excluding hydrogens is 380 g/mol. The summed E-state index contributed by atoms with van der Waals surface area (Å²) in [7, 11) is 1.16. The number of halogens is 2. The van der Waals surface area contributed by atoms with E-state index in [1.165, 1.54) is 0 Å². The summed E-state index contributed by atoms with van der Waals surface area (Å²) in [5.74, 6) is -2.54. The third-order valence-electron chi connectivity index (χ3n) is 5.01. The zero-order valence-corrected chi connectivity index (χ0v) is 16.2. The molecular formula is C21H21F2N3O3. The van der Waals surface area contributed by atoms with Gasteiger partial charge in [0.15, 0.2) is 0 Å². The number of methoxy groups -OCH3 is 1. The number of rotatable bonds is 4. The molecule has 6 nitrogen and oxygen atoms in total. The molecule has 0 bridgehead atoms. The molecule has 0 saturated carbocycles. The quantitative estimate of drug-likeness (QED) is 0.681. The molecule has 1 fully saturated rings. The average molecular weight is 401 g/mol. The van der Waals surface area contributed by atoms with Crippen molar-refractivity contribution in [3.63, 3.8) is 0 Å². The van der Waals surface area contributed by atoms with Gasteiger partial charge in [-0.15, -0.1) is 0 Å². The fourth-order valence-corrected chi connectivity index (χ4v) is 3.59. The van der Waals surface area contributed by atoms with Crippen LogP contribution in [0.2, 0.25) is 0 Å². The summed E-state index contributed by atoms with van der Waals surface area (Å²) < 4.78 is 42.0. The van der Waals surface area contributed by atoms with E-state index in [-0.39, 0.29) is 22.9 Å². The van der Waals surface area contributed by atoms with Gasteiger partial charge >= 0.3 is 5.97 Å². The Balaban J connectivity index is 1.86. The van der Waals surface area contributed by atoms with Crippen molar-refractivity contribution in [3.8, 4) is 11.3 Å². The Labute approximate surface area is 166 Å². The second-order valence-corrected chi connectivity index (χ2v) is 7.05. The van der Waals surface area contributed by atoms with Gasteiger partial charge in [-0.1, -0.05) is 0 Å². The van der Waals surface area contributed by atoms with Crippen LogP contribution in [-0.2, 0) is 15.9 Å². The minimum Gasteiger partial charge on any atom is -0.465 e. The molecule has 4 rings (SSSR count). The van der Waals surface area contributed by atoms with Crippen LogP contribution in [0.15, 0.2) is 30.5 Å². The number of hydrogen-bond donors (Lipinski definition) is 1. The van der Waals surface area contributed by atoms with Crippen LogP contribution < -0.4 is 5.32 Å². The van der Waals surface area contributed by atoms with Crippen molar-refractivity contribution in [2.45, 2.75) is 19.4 Å². The van der Waals surface area contributed by atoms with Crippen molar-refractivity contribution in [1.82, 2.24) is 14.7 Å². The first-order valence-corrected chi connectivity index (χ1v) is 9.35. The number of carbonyl (C=O) groups is 1. The molecule has 0 aliphatic carbocycles. The molecule has 0 spiro atoms. The molecule has 29 heavy (non-hydrogen) atoms. The van der Waals surface area contributed by atoms with Gasteiger partial charge in [0.1, 0.15) is 17.3 Å². The molecule has 2 aromatic heterocycles. The summed E-state index contributed by atoms with van der Waals surface area (Å²) in [5, 5.41) is 3.26. The fraction of sp³-hybridized carbons (Fsp3) is 0.333. The summed E-state index contributed by atoms with van der Waals surface area (Å²) in [6.07, 6.45) is 2.14.